The van der Waals surface area contributed by atoms with Gasteiger partial charge in [0, 0.05) is 32.1 Å². The Morgan fingerprint density at radius 3 is 2.33 bits per heavy atom. The van der Waals surface area contributed by atoms with Gasteiger partial charge in [-0.25, -0.2) is 12.7 Å². The van der Waals surface area contributed by atoms with Gasteiger partial charge in [0.15, 0.2) is 0 Å². The third kappa shape index (κ3) is 3.97. The maximum atomic E-state index is 12.6. The van der Waals surface area contributed by atoms with E-state index in [0.717, 1.165) is 19.5 Å². The fourth-order valence-electron chi connectivity index (χ4n) is 3.43. The van der Waals surface area contributed by atoms with Gasteiger partial charge in [-0.3, -0.25) is 4.79 Å². The standard InChI is InChI=1S/C15H28N2O3S/c1-4-21(19,20)17-10-6-13(7-11-17)14(18)16-9-5-8-15(2,3)12-16/h13H,4-12H2,1-3H3. The summed E-state index contributed by atoms with van der Waals surface area (Å²) in [4.78, 5) is 14.6. The van der Waals surface area contributed by atoms with Gasteiger partial charge in [0.25, 0.3) is 0 Å². The number of carbonyl (C=O) groups is 1. The largest absolute Gasteiger partial charge is 0.342 e. The first-order valence-electron chi connectivity index (χ1n) is 8.02. The van der Waals surface area contributed by atoms with E-state index in [2.05, 4.69) is 13.8 Å². The molecule has 0 radical (unpaired) electrons. The van der Waals surface area contributed by atoms with E-state index in [1.165, 1.54) is 10.7 Å². The zero-order chi connectivity index (χ0) is 15.7. The van der Waals surface area contributed by atoms with Crippen LogP contribution in [-0.4, -0.2) is 55.5 Å². The monoisotopic (exact) mass is 316 g/mol. The number of rotatable bonds is 3. The van der Waals surface area contributed by atoms with Gasteiger partial charge in [-0.2, -0.15) is 0 Å². The highest BCUT2D eigenvalue weighted by molar-refractivity contribution is 7.89. The summed E-state index contributed by atoms with van der Waals surface area (Å²) in [5, 5.41) is 0. The summed E-state index contributed by atoms with van der Waals surface area (Å²) in [7, 11) is -3.11. The van der Waals surface area contributed by atoms with Crippen LogP contribution in [0.4, 0.5) is 0 Å². The van der Waals surface area contributed by atoms with Crippen LogP contribution in [-0.2, 0) is 14.8 Å². The number of carbonyl (C=O) groups excluding carboxylic acids is 1. The van der Waals surface area contributed by atoms with Crippen LogP contribution in [0.1, 0.15) is 46.5 Å². The Bertz CT molecular complexity index is 479. The second kappa shape index (κ2) is 6.24. The van der Waals surface area contributed by atoms with Crippen molar-refractivity contribution in [3.8, 4) is 0 Å². The molecule has 0 aromatic carbocycles. The predicted molar refractivity (Wildman–Crippen MR) is 83.4 cm³/mol. The predicted octanol–water partition coefficient (Wildman–Crippen LogP) is 1.70. The highest BCUT2D eigenvalue weighted by Crippen LogP contribution is 2.30. The highest BCUT2D eigenvalue weighted by Gasteiger charge is 2.35. The van der Waals surface area contributed by atoms with Gasteiger partial charge < -0.3 is 4.90 Å². The maximum absolute atomic E-state index is 12.6. The number of hydrogen-bond donors (Lipinski definition) is 0. The number of sulfonamides is 1. The zero-order valence-electron chi connectivity index (χ0n) is 13.5. The molecular formula is C15H28N2O3S. The van der Waals surface area contributed by atoms with Crippen molar-refractivity contribution in [2.24, 2.45) is 11.3 Å². The number of nitrogens with zero attached hydrogens (tertiary/aromatic N) is 2. The van der Waals surface area contributed by atoms with Crippen molar-refractivity contribution in [2.75, 3.05) is 31.9 Å². The third-order valence-corrected chi connectivity index (χ3v) is 6.66. The molecule has 0 spiro atoms. The Kier molecular flexibility index (Phi) is 4.98. The van der Waals surface area contributed by atoms with Crippen LogP contribution in [0, 0.1) is 11.3 Å². The van der Waals surface area contributed by atoms with Gasteiger partial charge >= 0.3 is 0 Å². The topological polar surface area (TPSA) is 57.7 Å². The van der Waals surface area contributed by atoms with E-state index in [-0.39, 0.29) is 23.0 Å². The molecule has 122 valence electrons. The molecule has 21 heavy (non-hydrogen) atoms. The minimum atomic E-state index is -3.11. The fourth-order valence-corrected chi connectivity index (χ4v) is 4.57. The van der Waals surface area contributed by atoms with Crippen LogP contribution < -0.4 is 0 Å². The molecule has 6 heteroatoms. The molecule has 2 aliphatic rings. The minimum Gasteiger partial charge on any atom is -0.342 e. The lowest BCUT2D eigenvalue weighted by Crippen LogP contribution is -2.49. The normalized spacial score (nSPS) is 25.0. The van der Waals surface area contributed by atoms with E-state index < -0.39 is 10.0 Å². The summed E-state index contributed by atoms with van der Waals surface area (Å²) in [6.07, 6.45) is 3.57. The lowest BCUT2D eigenvalue weighted by atomic mass is 9.83. The first-order valence-corrected chi connectivity index (χ1v) is 9.63. The molecule has 0 aliphatic carbocycles. The Labute approximate surface area is 128 Å². The lowest BCUT2D eigenvalue weighted by Gasteiger charge is -2.40. The summed E-state index contributed by atoms with van der Waals surface area (Å²) < 4.78 is 25.2. The number of piperidine rings is 2. The molecule has 2 heterocycles. The number of likely N-dealkylation sites (tertiary alicyclic amines) is 1. The Hall–Kier alpha value is -0.620. The van der Waals surface area contributed by atoms with Crippen LogP contribution in [0.15, 0.2) is 0 Å². The quantitative estimate of drug-likeness (QED) is 0.796. The summed E-state index contributed by atoms with van der Waals surface area (Å²) >= 11 is 0. The summed E-state index contributed by atoms with van der Waals surface area (Å²) in [5.74, 6) is 0.380. The van der Waals surface area contributed by atoms with Crippen LogP contribution in [0.2, 0.25) is 0 Å². The van der Waals surface area contributed by atoms with Gasteiger partial charge in [0.1, 0.15) is 0 Å². The molecule has 0 bridgehead atoms. The van der Waals surface area contributed by atoms with Gasteiger partial charge in [-0.1, -0.05) is 13.8 Å². The molecule has 2 rings (SSSR count). The van der Waals surface area contributed by atoms with Crippen LogP contribution in [0.25, 0.3) is 0 Å². The van der Waals surface area contributed by atoms with E-state index in [1.807, 2.05) is 4.90 Å². The van der Waals surface area contributed by atoms with Crippen LogP contribution >= 0.6 is 0 Å². The number of hydrogen-bond acceptors (Lipinski definition) is 3. The van der Waals surface area contributed by atoms with Gasteiger partial charge in [0.2, 0.25) is 15.9 Å². The van der Waals surface area contributed by atoms with E-state index in [1.54, 1.807) is 6.92 Å². The lowest BCUT2D eigenvalue weighted by molar-refractivity contribution is -0.139. The maximum Gasteiger partial charge on any atom is 0.225 e. The molecule has 2 aliphatic heterocycles. The summed E-state index contributed by atoms with van der Waals surface area (Å²) in [5.41, 5.74) is 0.208. The van der Waals surface area contributed by atoms with Crippen molar-refractivity contribution in [3.63, 3.8) is 0 Å². The van der Waals surface area contributed by atoms with E-state index in [0.29, 0.717) is 25.9 Å². The van der Waals surface area contributed by atoms with Crippen molar-refractivity contribution < 1.29 is 13.2 Å². The minimum absolute atomic E-state index is 0.00204. The number of amides is 1. The molecule has 1 amide bonds. The molecule has 2 fully saturated rings. The molecule has 0 saturated carbocycles. The molecule has 0 atom stereocenters. The van der Waals surface area contributed by atoms with Gasteiger partial charge in [0.05, 0.1) is 5.75 Å². The second-order valence-corrected chi connectivity index (χ2v) is 9.36. The Morgan fingerprint density at radius 1 is 1.19 bits per heavy atom. The van der Waals surface area contributed by atoms with E-state index in [4.69, 9.17) is 0 Å². The summed E-state index contributed by atoms with van der Waals surface area (Å²) in [6, 6.07) is 0. The van der Waals surface area contributed by atoms with Gasteiger partial charge in [-0.05, 0) is 38.0 Å². The molecule has 0 unspecified atom stereocenters. The first kappa shape index (κ1) is 16.7. The zero-order valence-corrected chi connectivity index (χ0v) is 14.3. The van der Waals surface area contributed by atoms with E-state index in [9.17, 15) is 13.2 Å². The highest BCUT2D eigenvalue weighted by atomic mass is 32.2. The van der Waals surface area contributed by atoms with E-state index >= 15 is 0 Å². The molecule has 0 N–H and O–H groups in total. The Balaban J connectivity index is 1.92. The van der Waals surface area contributed by atoms with Gasteiger partial charge in [-0.15, -0.1) is 0 Å². The third-order valence-electron chi connectivity index (χ3n) is 4.77. The molecule has 0 aromatic heterocycles. The van der Waals surface area contributed by atoms with Crippen LogP contribution in [0.5, 0.6) is 0 Å². The SMILES string of the molecule is CCS(=O)(=O)N1CCC(C(=O)N2CCCC(C)(C)C2)CC1. The van der Waals surface area contributed by atoms with Crippen molar-refractivity contribution >= 4 is 15.9 Å². The van der Waals surface area contributed by atoms with Crippen molar-refractivity contribution in [2.45, 2.75) is 46.5 Å². The molecule has 5 nitrogen and oxygen atoms in total. The molecular weight excluding hydrogens is 288 g/mol. The second-order valence-electron chi connectivity index (χ2n) is 7.10. The van der Waals surface area contributed by atoms with Crippen molar-refractivity contribution in [1.82, 2.24) is 9.21 Å². The Morgan fingerprint density at radius 2 is 1.81 bits per heavy atom. The summed E-state index contributed by atoms with van der Waals surface area (Å²) in [6.45, 7) is 8.76. The van der Waals surface area contributed by atoms with Crippen LogP contribution in [0.3, 0.4) is 0 Å². The first-order chi connectivity index (χ1) is 9.75. The molecule has 0 aromatic rings. The smallest absolute Gasteiger partial charge is 0.225 e. The van der Waals surface area contributed by atoms with Crippen molar-refractivity contribution in [3.05, 3.63) is 0 Å². The fraction of sp³-hybridized carbons (Fsp3) is 0.933. The average Bonchev–Trinajstić information content (AvgIpc) is 2.45. The average molecular weight is 316 g/mol. The molecule has 2 saturated heterocycles. The van der Waals surface area contributed by atoms with Crippen molar-refractivity contribution in [1.29, 1.82) is 0 Å².